The third-order valence-electron chi connectivity index (χ3n) is 3.44. The molecule has 0 aliphatic heterocycles. The molecule has 0 bridgehead atoms. The lowest BCUT2D eigenvalue weighted by atomic mass is 10.1. The van der Waals surface area contributed by atoms with Gasteiger partial charge in [0.05, 0.1) is 23.7 Å². The number of carboxylic acid groups (broad SMARTS) is 1. The van der Waals surface area contributed by atoms with Crippen LogP contribution in [0.3, 0.4) is 0 Å². The molecule has 2 aromatic rings. The average Bonchev–Trinajstić information content (AvgIpc) is 2.77. The minimum absolute atomic E-state index is 0.0579. The number of thiazole rings is 1. The standard InChI is InChI=1S/C17H21NO3S/c1-11-6-4-7-12(2)17(11)21-9-5-8-15-18-13(3)14(22-15)10-16(19)20/h4,6-7H,5,8-10H2,1-3H3,(H,19,20). The summed E-state index contributed by atoms with van der Waals surface area (Å²) in [5.41, 5.74) is 3.13. The van der Waals surface area contributed by atoms with Gasteiger partial charge in [-0.05, 0) is 38.3 Å². The van der Waals surface area contributed by atoms with Gasteiger partial charge < -0.3 is 9.84 Å². The second-order valence-corrected chi connectivity index (χ2v) is 6.53. The van der Waals surface area contributed by atoms with Gasteiger partial charge in [0, 0.05) is 11.3 Å². The van der Waals surface area contributed by atoms with E-state index in [-0.39, 0.29) is 6.42 Å². The number of aromatic nitrogens is 1. The number of carbonyl (C=O) groups is 1. The highest BCUT2D eigenvalue weighted by molar-refractivity contribution is 7.11. The van der Waals surface area contributed by atoms with Crippen molar-refractivity contribution in [1.82, 2.24) is 4.98 Å². The molecule has 0 unspecified atom stereocenters. The molecule has 0 aliphatic rings. The first-order valence-electron chi connectivity index (χ1n) is 7.33. The van der Waals surface area contributed by atoms with E-state index in [9.17, 15) is 4.79 Å². The zero-order valence-corrected chi connectivity index (χ0v) is 14.0. The smallest absolute Gasteiger partial charge is 0.308 e. The van der Waals surface area contributed by atoms with Crippen molar-refractivity contribution in [3.8, 4) is 5.75 Å². The Morgan fingerprint density at radius 1 is 1.27 bits per heavy atom. The molecule has 0 fully saturated rings. The van der Waals surface area contributed by atoms with Crippen molar-refractivity contribution in [3.63, 3.8) is 0 Å². The Morgan fingerprint density at radius 3 is 2.59 bits per heavy atom. The molecule has 0 saturated heterocycles. The molecule has 0 amide bonds. The lowest BCUT2D eigenvalue weighted by Gasteiger charge is -2.11. The maximum Gasteiger partial charge on any atom is 0.308 e. The van der Waals surface area contributed by atoms with E-state index >= 15 is 0 Å². The van der Waals surface area contributed by atoms with E-state index in [0.717, 1.165) is 45.3 Å². The first kappa shape index (κ1) is 16.5. The van der Waals surface area contributed by atoms with Crippen LogP contribution < -0.4 is 4.74 Å². The second-order valence-electron chi connectivity index (χ2n) is 5.36. The van der Waals surface area contributed by atoms with E-state index in [4.69, 9.17) is 9.84 Å². The number of ether oxygens (including phenoxy) is 1. The zero-order chi connectivity index (χ0) is 16.1. The fourth-order valence-electron chi connectivity index (χ4n) is 2.32. The monoisotopic (exact) mass is 319 g/mol. The van der Waals surface area contributed by atoms with Crippen LogP contribution in [0.1, 0.15) is 33.1 Å². The van der Waals surface area contributed by atoms with Crippen LogP contribution in [0.4, 0.5) is 0 Å². The molecule has 1 heterocycles. The summed E-state index contributed by atoms with van der Waals surface area (Å²) in [6, 6.07) is 6.12. The maximum atomic E-state index is 10.8. The highest BCUT2D eigenvalue weighted by Crippen LogP contribution is 2.23. The van der Waals surface area contributed by atoms with Gasteiger partial charge in [0.1, 0.15) is 5.75 Å². The SMILES string of the molecule is Cc1cccc(C)c1OCCCc1nc(C)c(CC(=O)O)s1. The van der Waals surface area contributed by atoms with Crippen LogP contribution in [-0.2, 0) is 17.6 Å². The quantitative estimate of drug-likeness (QED) is 0.790. The van der Waals surface area contributed by atoms with Crippen molar-refractivity contribution < 1.29 is 14.6 Å². The molecule has 22 heavy (non-hydrogen) atoms. The number of rotatable bonds is 7. The van der Waals surface area contributed by atoms with Gasteiger partial charge in [0.15, 0.2) is 0 Å². The Kier molecular flexibility index (Phi) is 5.55. The zero-order valence-electron chi connectivity index (χ0n) is 13.2. The summed E-state index contributed by atoms with van der Waals surface area (Å²) in [6.07, 6.45) is 1.74. The summed E-state index contributed by atoms with van der Waals surface area (Å²) in [5.74, 6) is 0.154. The Bertz CT molecular complexity index is 644. The average molecular weight is 319 g/mol. The molecular formula is C17H21NO3S. The molecule has 0 atom stereocenters. The number of nitrogens with zero attached hydrogens (tertiary/aromatic N) is 1. The van der Waals surface area contributed by atoms with Gasteiger partial charge in [-0.25, -0.2) is 4.98 Å². The van der Waals surface area contributed by atoms with Crippen molar-refractivity contribution in [2.45, 2.75) is 40.0 Å². The Hall–Kier alpha value is -1.88. The van der Waals surface area contributed by atoms with Gasteiger partial charge in [-0.3, -0.25) is 4.79 Å². The van der Waals surface area contributed by atoms with Gasteiger partial charge in [0.2, 0.25) is 0 Å². The van der Waals surface area contributed by atoms with Crippen LogP contribution >= 0.6 is 11.3 Å². The van der Waals surface area contributed by atoms with Gasteiger partial charge in [-0.15, -0.1) is 11.3 Å². The van der Waals surface area contributed by atoms with Gasteiger partial charge in [-0.1, -0.05) is 18.2 Å². The second kappa shape index (κ2) is 7.40. The van der Waals surface area contributed by atoms with Crippen LogP contribution in [0.15, 0.2) is 18.2 Å². The Morgan fingerprint density at radius 2 is 1.95 bits per heavy atom. The lowest BCUT2D eigenvalue weighted by Crippen LogP contribution is -2.02. The van der Waals surface area contributed by atoms with Gasteiger partial charge in [-0.2, -0.15) is 0 Å². The maximum absolute atomic E-state index is 10.8. The van der Waals surface area contributed by atoms with Crippen molar-refractivity contribution in [2.75, 3.05) is 6.61 Å². The number of hydrogen-bond donors (Lipinski definition) is 1. The van der Waals surface area contributed by atoms with Crippen molar-refractivity contribution >= 4 is 17.3 Å². The summed E-state index contributed by atoms with van der Waals surface area (Å²) in [6.45, 7) is 6.60. The molecule has 1 aromatic heterocycles. The number of aryl methyl sites for hydroxylation is 4. The van der Waals surface area contributed by atoms with E-state index in [2.05, 4.69) is 4.98 Å². The summed E-state index contributed by atoms with van der Waals surface area (Å²) in [4.78, 5) is 16.1. The highest BCUT2D eigenvalue weighted by atomic mass is 32.1. The Balaban J connectivity index is 1.85. The van der Waals surface area contributed by atoms with Crippen LogP contribution in [0.5, 0.6) is 5.75 Å². The van der Waals surface area contributed by atoms with E-state index < -0.39 is 5.97 Å². The molecule has 5 heteroatoms. The molecular weight excluding hydrogens is 298 g/mol. The van der Waals surface area contributed by atoms with Gasteiger partial charge in [0.25, 0.3) is 0 Å². The molecule has 0 saturated carbocycles. The van der Waals surface area contributed by atoms with Crippen LogP contribution in [0.2, 0.25) is 0 Å². The van der Waals surface area contributed by atoms with E-state index in [1.54, 1.807) is 0 Å². The summed E-state index contributed by atoms with van der Waals surface area (Å²) >= 11 is 1.49. The van der Waals surface area contributed by atoms with E-state index in [1.165, 1.54) is 11.3 Å². The topological polar surface area (TPSA) is 59.4 Å². The number of para-hydroxylation sites is 1. The lowest BCUT2D eigenvalue weighted by molar-refractivity contribution is -0.136. The number of benzene rings is 1. The van der Waals surface area contributed by atoms with Crippen molar-refractivity contribution in [3.05, 3.63) is 44.9 Å². The first-order valence-corrected chi connectivity index (χ1v) is 8.15. The van der Waals surface area contributed by atoms with Crippen LogP contribution in [-0.4, -0.2) is 22.7 Å². The molecule has 2 rings (SSSR count). The van der Waals surface area contributed by atoms with Crippen LogP contribution in [0, 0.1) is 20.8 Å². The first-order chi connectivity index (χ1) is 10.5. The Labute approximate surface area is 134 Å². The number of hydrogen-bond acceptors (Lipinski definition) is 4. The fraction of sp³-hybridized carbons (Fsp3) is 0.412. The molecule has 118 valence electrons. The molecule has 0 aliphatic carbocycles. The minimum atomic E-state index is -0.809. The van der Waals surface area contributed by atoms with E-state index in [1.807, 2.05) is 39.0 Å². The molecule has 1 aromatic carbocycles. The number of carboxylic acids is 1. The largest absolute Gasteiger partial charge is 0.493 e. The third-order valence-corrected chi connectivity index (χ3v) is 4.66. The fourth-order valence-corrected chi connectivity index (χ4v) is 3.42. The predicted octanol–water partition coefficient (Wildman–Crippen LogP) is 3.71. The molecule has 0 radical (unpaired) electrons. The third kappa shape index (κ3) is 4.31. The van der Waals surface area contributed by atoms with Crippen LogP contribution in [0.25, 0.3) is 0 Å². The predicted molar refractivity (Wildman–Crippen MR) is 87.9 cm³/mol. The van der Waals surface area contributed by atoms with E-state index in [0.29, 0.717) is 6.61 Å². The minimum Gasteiger partial charge on any atom is -0.493 e. The molecule has 4 nitrogen and oxygen atoms in total. The normalized spacial score (nSPS) is 10.7. The molecule has 0 spiro atoms. The highest BCUT2D eigenvalue weighted by Gasteiger charge is 2.11. The molecule has 1 N–H and O–H groups in total. The summed E-state index contributed by atoms with van der Waals surface area (Å²) in [7, 11) is 0. The van der Waals surface area contributed by atoms with Crippen molar-refractivity contribution in [1.29, 1.82) is 0 Å². The summed E-state index contributed by atoms with van der Waals surface area (Å²) < 4.78 is 5.87. The van der Waals surface area contributed by atoms with Gasteiger partial charge >= 0.3 is 5.97 Å². The number of aliphatic carboxylic acids is 1. The van der Waals surface area contributed by atoms with Crippen molar-refractivity contribution in [2.24, 2.45) is 0 Å². The summed E-state index contributed by atoms with van der Waals surface area (Å²) in [5, 5.41) is 9.84.